The monoisotopic (exact) mass is 427 g/mol. The molecule has 5 nitrogen and oxygen atoms in total. The lowest BCUT2D eigenvalue weighted by molar-refractivity contribution is 0.364. The van der Waals surface area contributed by atoms with Gasteiger partial charge in [-0.05, 0) is 24.0 Å². The summed E-state index contributed by atoms with van der Waals surface area (Å²) in [5.41, 5.74) is 6.84. The molecule has 0 spiro atoms. The van der Waals surface area contributed by atoms with Crippen molar-refractivity contribution in [1.82, 2.24) is 14.9 Å². The fourth-order valence-corrected chi connectivity index (χ4v) is 3.86. The van der Waals surface area contributed by atoms with Gasteiger partial charge in [-0.15, -0.1) is 0 Å². The maximum absolute atomic E-state index is 9.39. The van der Waals surface area contributed by atoms with Crippen LogP contribution in [0.2, 0.25) is 0 Å². The summed E-state index contributed by atoms with van der Waals surface area (Å²) in [4.78, 5) is 11.6. The topological polar surface area (TPSA) is 64.8 Å². The summed E-state index contributed by atoms with van der Waals surface area (Å²) >= 11 is 0. The SMILES string of the molecule is CC.Cc1ccc(CNc2nc(-c3ccccc3C(C)C)nc3c2CN(C#N)CC3)cc1. The molecule has 5 heteroatoms. The van der Waals surface area contributed by atoms with Crippen molar-refractivity contribution in [2.24, 2.45) is 0 Å². The number of nitrogens with one attached hydrogen (secondary N) is 1. The second kappa shape index (κ2) is 10.8. The molecule has 4 rings (SSSR count). The molecule has 2 heterocycles. The third kappa shape index (κ3) is 5.26. The summed E-state index contributed by atoms with van der Waals surface area (Å²) in [7, 11) is 0. The molecule has 0 unspecified atom stereocenters. The van der Waals surface area contributed by atoms with E-state index in [1.165, 1.54) is 16.7 Å². The van der Waals surface area contributed by atoms with Crippen molar-refractivity contribution in [1.29, 1.82) is 5.26 Å². The van der Waals surface area contributed by atoms with Crippen LogP contribution in [0.1, 0.15) is 61.6 Å². The van der Waals surface area contributed by atoms with Crippen molar-refractivity contribution in [3.8, 4) is 17.6 Å². The molecule has 166 valence electrons. The maximum atomic E-state index is 9.39. The quantitative estimate of drug-likeness (QED) is 0.502. The first-order valence-corrected chi connectivity index (χ1v) is 11.5. The van der Waals surface area contributed by atoms with Crippen molar-refractivity contribution in [3.63, 3.8) is 0 Å². The smallest absolute Gasteiger partial charge is 0.179 e. The van der Waals surface area contributed by atoms with Gasteiger partial charge >= 0.3 is 0 Å². The number of nitrogens with zero attached hydrogens (tertiary/aromatic N) is 4. The van der Waals surface area contributed by atoms with E-state index in [2.05, 4.69) is 74.7 Å². The summed E-state index contributed by atoms with van der Waals surface area (Å²) < 4.78 is 0. The highest BCUT2D eigenvalue weighted by atomic mass is 15.1. The molecule has 0 radical (unpaired) electrons. The van der Waals surface area contributed by atoms with Crippen molar-refractivity contribution in [3.05, 3.63) is 76.5 Å². The molecule has 0 aliphatic carbocycles. The van der Waals surface area contributed by atoms with Gasteiger partial charge in [0, 0.05) is 30.6 Å². The Bertz CT molecular complexity index is 1080. The van der Waals surface area contributed by atoms with Crippen LogP contribution in [0, 0.1) is 18.4 Å². The highest BCUT2D eigenvalue weighted by molar-refractivity contribution is 5.64. The standard InChI is InChI=1S/C25H27N5.C2H6/c1-17(2)20-6-4-5-7-21(20)25-28-23-12-13-30(16-26)15-22(23)24(29-25)27-14-19-10-8-18(3)9-11-19;1-2/h4-11,17H,12-15H2,1-3H3,(H,27,28,29);1-2H3. The van der Waals surface area contributed by atoms with Crippen LogP contribution in [0.3, 0.4) is 0 Å². The zero-order valence-electron chi connectivity index (χ0n) is 19.8. The van der Waals surface area contributed by atoms with Gasteiger partial charge in [-0.1, -0.05) is 81.8 Å². The van der Waals surface area contributed by atoms with E-state index in [-0.39, 0.29) is 0 Å². The number of rotatable bonds is 5. The Labute approximate surface area is 192 Å². The number of aromatic nitrogens is 2. The van der Waals surface area contributed by atoms with Crippen molar-refractivity contribution in [2.75, 3.05) is 11.9 Å². The van der Waals surface area contributed by atoms with Gasteiger partial charge in [0.05, 0.1) is 12.2 Å². The Morgan fingerprint density at radius 3 is 2.47 bits per heavy atom. The van der Waals surface area contributed by atoms with E-state index in [0.29, 0.717) is 25.6 Å². The predicted octanol–water partition coefficient (Wildman–Crippen LogP) is 6.05. The van der Waals surface area contributed by atoms with Crippen molar-refractivity contribution >= 4 is 5.82 Å². The van der Waals surface area contributed by atoms with Gasteiger partial charge < -0.3 is 10.2 Å². The Morgan fingerprint density at radius 1 is 1.06 bits per heavy atom. The summed E-state index contributed by atoms with van der Waals surface area (Å²) in [6, 6.07) is 16.9. The van der Waals surface area contributed by atoms with E-state index in [4.69, 9.17) is 9.97 Å². The van der Waals surface area contributed by atoms with Crippen LogP contribution < -0.4 is 5.32 Å². The number of aryl methyl sites for hydroxylation is 1. The van der Waals surface area contributed by atoms with E-state index in [9.17, 15) is 5.26 Å². The van der Waals surface area contributed by atoms with Gasteiger partial charge in [-0.25, -0.2) is 9.97 Å². The molecular weight excluding hydrogens is 394 g/mol. The summed E-state index contributed by atoms with van der Waals surface area (Å²) in [5.74, 6) is 1.97. The number of hydrogen-bond acceptors (Lipinski definition) is 5. The average Bonchev–Trinajstić information content (AvgIpc) is 2.84. The van der Waals surface area contributed by atoms with E-state index in [0.717, 1.165) is 34.9 Å². The minimum absolute atomic E-state index is 0.388. The molecule has 32 heavy (non-hydrogen) atoms. The zero-order chi connectivity index (χ0) is 23.1. The normalized spacial score (nSPS) is 12.5. The molecule has 0 saturated carbocycles. The highest BCUT2D eigenvalue weighted by Gasteiger charge is 2.23. The molecule has 1 aliphatic rings. The molecule has 0 saturated heterocycles. The molecule has 1 N–H and O–H groups in total. The third-order valence-electron chi connectivity index (χ3n) is 5.61. The first-order valence-electron chi connectivity index (χ1n) is 11.5. The van der Waals surface area contributed by atoms with Crippen molar-refractivity contribution < 1.29 is 0 Å². The molecular formula is C27H33N5. The van der Waals surface area contributed by atoms with E-state index in [1.54, 1.807) is 4.90 Å². The molecule has 0 bridgehead atoms. The van der Waals surface area contributed by atoms with Crippen LogP contribution in [0.25, 0.3) is 11.4 Å². The Balaban J connectivity index is 0.00000141. The molecule has 0 atom stereocenters. The highest BCUT2D eigenvalue weighted by Crippen LogP contribution is 2.31. The number of fused-ring (bicyclic) bond motifs is 1. The Morgan fingerprint density at radius 2 is 1.78 bits per heavy atom. The molecule has 3 aromatic rings. The molecule has 0 fully saturated rings. The number of benzene rings is 2. The lowest BCUT2D eigenvalue weighted by Gasteiger charge is -2.26. The van der Waals surface area contributed by atoms with Crippen LogP contribution >= 0.6 is 0 Å². The minimum Gasteiger partial charge on any atom is -0.366 e. The van der Waals surface area contributed by atoms with Crippen LogP contribution in [-0.2, 0) is 19.5 Å². The first-order chi connectivity index (χ1) is 15.5. The second-order valence-corrected chi connectivity index (χ2v) is 8.17. The number of nitriles is 1. The molecule has 2 aromatic carbocycles. The van der Waals surface area contributed by atoms with Crippen LogP contribution in [-0.4, -0.2) is 21.4 Å². The first kappa shape index (κ1) is 23.3. The van der Waals surface area contributed by atoms with Gasteiger partial charge in [0.1, 0.15) is 5.82 Å². The molecule has 0 amide bonds. The number of anilines is 1. The van der Waals surface area contributed by atoms with Gasteiger partial charge in [0.2, 0.25) is 0 Å². The fraction of sp³-hybridized carbons (Fsp3) is 0.370. The average molecular weight is 428 g/mol. The maximum Gasteiger partial charge on any atom is 0.179 e. The van der Waals surface area contributed by atoms with Gasteiger partial charge in [-0.3, -0.25) is 0 Å². The van der Waals surface area contributed by atoms with E-state index < -0.39 is 0 Å². The van der Waals surface area contributed by atoms with Crippen LogP contribution in [0.5, 0.6) is 0 Å². The Hall–Kier alpha value is -3.39. The van der Waals surface area contributed by atoms with Crippen LogP contribution in [0.4, 0.5) is 5.82 Å². The fourth-order valence-electron chi connectivity index (χ4n) is 3.86. The van der Waals surface area contributed by atoms with Crippen LogP contribution in [0.15, 0.2) is 48.5 Å². The molecule has 1 aromatic heterocycles. The predicted molar refractivity (Wildman–Crippen MR) is 131 cm³/mol. The Kier molecular flexibility index (Phi) is 7.83. The van der Waals surface area contributed by atoms with Crippen molar-refractivity contribution in [2.45, 2.75) is 60.0 Å². The second-order valence-electron chi connectivity index (χ2n) is 8.17. The number of hydrogen-bond donors (Lipinski definition) is 1. The summed E-state index contributed by atoms with van der Waals surface area (Å²) in [5, 5.41) is 12.9. The largest absolute Gasteiger partial charge is 0.366 e. The zero-order valence-corrected chi connectivity index (χ0v) is 19.8. The third-order valence-corrected chi connectivity index (χ3v) is 5.61. The minimum atomic E-state index is 0.388. The lowest BCUT2D eigenvalue weighted by Crippen LogP contribution is -2.28. The van der Waals surface area contributed by atoms with E-state index >= 15 is 0 Å². The van der Waals surface area contributed by atoms with E-state index in [1.807, 2.05) is 19.9 Å². The van der Waals surface area contributed by atoms with Gasteiger partial charge in [-0.2, -0.15) is 5.26 Å². The summed E-state index contributed by atoms with van der Waals surface area (Å²) in [6.07, 6.45) is 3.02. The van der Waals surface area contributed by atoms with Gasteiger partial charge in [0.25, 0.3) is 0 Å². The summed E-state index contributed by atoms with van der Waals surface area (Å²) in [6.45, 7) is 12.4. The molecule has 1 aliphatic heterocycles. The lowest BCUT2D eigenvalue weighted by atomic mass is 9.96. The van der Waals surface area contributed by atoms with Gasteiger partial charge in [0.15, 0.2) is 12.0 Å².